The maximum Gasteiger partial charge on any atom is 0.133 e. The molecule has 1 atom stereocenters. The second kappa shape index (κ2) is 6.88. The van der Waals surface area contributed by atoms with Gasteiger partial charge in [0.25, 0.3) is 0 Å². The first-order chi connectivity index (χ1) is 10.7. The molecule has 1 aliphatic heterocycles. The van der Waals surface area contributed by atoms with E-state index in [9.17, 15) is 0 Å². The van der Waals surface area contributed by atoms with E-state index in [1.165, 1.54) is 17.6 Å². The molecule has 116 valence electrons. The lowest BCUT2D eigenvalue weighted by Crippen LogP contribution is -2.31. The Morgan fingerprint density at radius 2 is 2.14 bits per heavy atom. The van der Waals surface area contributed by atoms with Crippen molar-refractivity contribution >= 4 is 6.08 Å². The summed E-state index contributed by atoms with van der Waals surface area (Å²) in [7, 11) is 0. The van der Waals surface area contributed by atoms with Gasteiger partial charge in [0.05, 0.1) is 0 Å². The largest absolute Gasteiger partial charge is 0.315 e. The fourth-order valence-corrected chi connectivity index (χ4v) is 3.05. The molecule has 1 aromatic carbocycles. The molecular formula is C18H24N4. The van der Waals surface area contributed by atoms with Crippen LogP contribution in [0.1, 0.15) is 30.6 Å². The van der Waals surface area contributed by atoms with Crippen LogP contribution in [0.5, 0.6) is 0 Å². The van der Waals surface area contributed by atoms with Crippen molar-refractivity contribution in [3.63, 3.8) is 0 Å². The summed E-state index contributed by atoms with van der Waals surface area (Å²) in [5.41, 5.74) is 2.63. The normalized spacial score (nSPS) is 18.3. The van der Waals surface area contributed by atoms with E-state index in [0.717, 1.165) is 37.7 Å². The summed E-state index contributed by atoms with van der Waals surface area (Å²) >= 11 is 0. The summed E-state index contributed by atoms with van der Waals surface area (Å²) in [6, 6.07) is 10.5. The summed E-state index contributed by atoms with van der Waals surface area (Å²) in [5, 5.41) is 12.0. The van der Waals surface area contributed by atoms with E-state index in [4.69, 9.17) is 0 Å². The van der Waals surface area contributed by atoms with E-state index in [1.807, 2.05) is 6.92 Å². The van der Waals surface area contributed by atoms with Crippen LogP contribution in [0.4, 0.5) is 0 Å². The highest BCUT2D eigenvalue weighted by molar-refractivity contribution is 5.52. The molecule has 0 saturated carbocycles. The first-order valence-corrected chi connectivity index (χ1v) is 8.04. The fraction of sp³-hybridized carbons (Fsp3) is 0.444. The minimum atomic E-state index is 0.673. The molecule has 22 heavy (non-hydrogen) atoms. The van der Waals surface area contributed by atoms with Crippen LogP contribution in [-0.4, -0.2) is 27.9 Å². The molecule has 0 unspecified atom stereocenters. The summed E-state index contributed by atoms with van der Waals surface area (Å²) in [6.45, 7) is 7.26. The van der Waals surface area contributed by atoms with Gasteiger partial charge in [-0.15, -0.1) is 10.2 Å². The molecule has 0 bridgehead atoms. The van der Waals surface area contributed by atoms with Gasteiger partial charge in [-0.2, -0.15) is 0 Å². The van der Waals surface area contributed by atoms with Crippen molar-refractivity contribution in [3.05, 3.63) is 53.1 Å². The van der Waals surface area contributed by atoms with E-state index in [2.05, 4.69) is 63.4 Å². The molecule has 4 heteroatoms. The third-order valence-electron chi connectivity index (χ3n) is 4.28. The van der Waals surface area contributed by atoms with Gasteiger partial charge in [0.2, 0.25) is 0 Å². The standard InChI is InChI=1S/C18H24N4/c1-14(10-16-6-4-3-5-7-16)11-19-12-17-8-9-18-21-20-15(2)22(18)13-17/h3-7,10,17,19H,8-9,11-13H2,1-2H3/b14-10+/t17-/m0/s1. The van der Waals surface area contributed by atoms with Gasteiger partial charge in [-0.05, 0) is 38.3 Å². The number of benzene rings is 1. The average molecular weight is 296 g/mol. The van der Waals surface area contributed by atoms with Crippen molar-refractivity contribution in [2.75, 3.05) is 13.1 Å². The summed E-state index contributed by atoms with van der Waals surface area (Å²) in [5.74, 6) is 2.86. The van der Waals surface area contributed by atoms with E-state index >= 15 is 0 Å². The SMILES string of the molecule is C/C(=C\c1ccccc1)CNC[C@@H]1CCc2nnc(C)n2C1. The van der Waals surface area contributed by atoms with Crippen molar-refractivity contribution in [1.29, 1.82) is 0 Å². The van der Waals surface area contributed by atoms with Crippen LogP contribution in [-0.2, 0) is 13.0 Å². The Bertz CT molecular complexity index is 642. The first kappa shape index (κ1) is 15.0. The molecule has 4 nitrogen and oxygen atoms in total. The minimum Gasteiger partial charge on any atom is -0.315 e. The van der Waals surface area contributed by atoms with E-state index in [1.54, 1.807) is 0 Å². The molecule has 1 aliphatic rings. The Kier molecular flexibility index (Phi) is 4.68. The maximum atomic E-state index is 4.23. The highest BCUT2D eigenvalue weighted by Crippen LogP contribution is 2.19. The van der Waals surface area contributed by atoms with Crippen LogP contribution in [0.25, 0.3) is 6.08 Å². The lowest BCUT2D eigenvalue weighted by Gasteiger charge is -2.24. The number of fused-ring (bicyclic) bond motifs is 1. The molecule has 0 radical (unpaired) electrons. The van der Waals surface area contributed by atoms with E-state index in [0.29, 0.717) is 5.92 Å². The topological polar surface area (TPSA) is 42.7 Å². The average Bonchev–Trinajstić information content (AvgIpc) is 2.89. The predicted molar refractivity (Wildman–Crippen MR) is 89.5 cm³/mol. The molecule has 0 fully saturated rings. The molecule has 2 aromatic rings. The smallest absolute Gasteiger partial charge is 0.133 e. The Morgan fingerprint density at radius 1 is 1.32 bits per heavy atom. The van der Waals surface area contributed by atoms with Gasteiger partial charge in [-0.3, -0.25) is 0 Å². The predicted octanol–water partition coefficient (Wildman–Crippen LogP) is 2.84. The quantitative estimate of drug-likeness (QED) is 0.922. The third-order valence-corrected chi connectivity index (χ3v) is 4.28. The molecule has 3 rings (SSSR count). The Morgan fingerprint density at radius 3 is 2.95 bits per heavy atom. The molecule has 1 aromatic heterocycles. The number of nitrogens with zero attached hydrogens (tertiary/aromatic N) is 3. The summed E-state index contributed by atoms with van der Waals surface area (Å²) in [4.78, 5) is 0. The molecule has 0 aliphatic carbocycles. The van der Waals surface area contributed by atoms with Gasteiger partial charge >= 0.3 is 0 Å². The zero-order valence-corrected chi connectivity index (χ0v) is 13.4. The monoisotopic (exact) mass is 296 g/mol. The van der Waals surface area contributed by atoms with Gasteiger partial charge in [0, 0.05) is 19.5 Å². The van der Waals surface area contributed by atoms with Crippen LogP contribution in [0, 0.1) is 12.8 Å². The van der Waals surface area contributed by atoms with Gasteiger partial charge < -0.3 is 9.88 Å². The van der Waals surface area contributed by atoms with E-state index in [-0.39, 0.29) is 0 Å². The van der Waals surface area contributed by atoms with Gasteiger partial charge in [0.1, 0.15) is 11.6 Å². The number of aryl methyl sites for hydroxylation is 2. The lowest BCUT2D eigenvalue weighted by atomic mass is 9.99. The zero-order chi connectivity index (χ0) is 15.4. The van der Waals surface area contributed by atoms with Crippen LogP contribution in [0.2, 0.25) is 0 Å². The number of hydrogen-bond donors (Lipinski definition) is 1. The van der Waals surface area contributed by atoms with Gasteiger partial charge in [-0.1, -0.05) is 42.0 Å². The van der Waals surface area contributed by atoms with Gasteiger partial charge in [0.15, 0.2) is 0 Å². The Balaban J connectivity index is 1.48. The van der Waals surface area contributed by atoms with Crippen molar-refractivity contribution in [2.24, 2.45) is 5.92 Å². The molecule has 0 saturated heterocycles. The molecule has 0 spiro atoms. The van der Waals surface area contributed by atoms with Crippen LogP contribution in [0.15, 0.2) is 35.9 Å². The molecule has 1 N–H and O–H groups in total. The van der Waals surface area contributed by atoms with Crippen LogP contribution in [0.3, 0.4) is 0 Å². The number of nitrogens with one attached hydrogen (secondary N) is 1. The van der Waals surface area contributed by atoms with Crippen molar-refractivity contribution in [2.45, 2.75) is 33.2 Å². The number of hydrogen-bond acceptors (Lipinski definition) is 3. The number of aromatic nitrogens is 3. The zero-order valence-electron chi connectivity index (χ0n) is 13.4. The van der Waals surface area contributed by atoms with Gasteiger partial charge in [-0.25, -0.2) is 0 Å². The minimum absolute atomic E-state index is 0.673. The summed E-state index contributed by atoms with van der Waals surface area (Å²) in [6.07, 6.45) is 4.49. The van der Waals surface area contributed by atoms with Crippen molar-refractivity contribution in [1.82, 2.24) is 20.1 Å². The van der Waals surface area contributed by atoms with Crippen molar-refractivity contribution < 1.29 is 0 Å². The van der Waals surface area contributed by atoms with Crippen molar-refractivity contribution in [3.8, 4) is 0 Å². The highest BCUT2D eigenvalue weighted by atomic mass is 15.3. The highest BCUT2D eigenvalue weighted by Gasteiger charge is 2.20. The molecule has 0 amide bonds. The second-order valence-electron chi connectivity index (χ2n) is 6.21. The lowest BCUT2D eigenvalue weighted by molar-refractivity contribution is 0.348. The molecular weight excluding hydrogens is 272 g/mol. The third kappa shape index (κ3) is 3.63. The van der Waals surface area contributed by atoms with Crippen LogP contribution < -0.4 is 5.32 Å². The van der Waals surface area contributed by atoms with E-state index < -0.39 is 0 Å². The fourth-order valence-electron chi connectivity index (χ4n) is 3.05. The second-order valence-corrected chi connectivity index (χ2v) is 6.21. The van der Waals surface area contributed by atoms with Crippen LogP contribution >= 0.6 is 0 Å². The maximum absolute atomic E-state index is 4.23. The number of rotatable bonds is 5. The summed E-state index contributed by atoms with van der Waals surface area (Å²) < 4.78 is 2.27. The first-order valence-electron chi connectivity index (χ1n) is 8.04. The molecule has 2 heterocycles. The Labute approximate surface area is 132 Å². The Hall–Kier alpha value is -1.94.